The summed E-state index contributed by atoms with van der Waals surface area (Å²) in [7, 11) is 0. The van der Waals surface area contributed by atoms with E-state index in [0.717, 1.165) is 23.2 Å². The largest absolute Gasteiger partial charge is 0.481 e. The summed E-state index contributed by atoms with van der Waals surface area (Å²) in [5.74, 6) is -1.52. The van der Waals surface area contributed by atoms with Crippen molar-refractivity contribution in [1.82, 2.24) is 15.1 Å². The Morgan fingerprint density at radius 3 is 2.74 bits per heavy atom. The van der Waals surface area contributed by atoms with Crippen LogP contribution in [0.5, 0.6) is 0 Å². The van der Waals surface area contributed by atoms with Crippen molar-refractivity contribution in [3.63, 3.8) is 0 Å². The van der Waals surface area contributed by atoms with E-state index in [1.165, 1.54) is 0 Å². The molecule has 1 amide bonds. The lowest BCUT2D eigenvalue weighted by atomic mass is 10.0. The van der Waals surface area contributed by atoms with E-state index in [-0.39, 0.29) is 18.4 Å². The first-order valence-corrected chi connectivity index (χ1v) is 7.70. The fourth-order valence-corrected chi connectivity index (χ4v) is 3.11. The first-order valence-electron chi connectivity index (χ1n) is 7.70. The average molecular weight is 313 g/mol. The minimum Gasteiger partial charge on any atom is -0.481 e. The summed E-state index contributed by atoms with van der Waals surface area (Å²) in [5, 5.41) is 16.5. The predicted octanol–water partition coefficient (Wildman–Crippen LogP) is 1.87. The molecule has 0 fully saturated rings. The van der Waals surface area contributed by atoms with Gasteiger partial charge in [0.25, 0.3) is 0 Å². The highest BCUT2D eigenvalue weighted by Gasteiger charge is 2.35. The van der Waals surface area contributed by atoms with Gasteiger partial charge in [-0.05, 0) is 30.0 Å². The fourth-order valence-electron chi connectivity index (χ4n) is 3.11. The van der Waals surface area contributed by atoms with Gasteiger partial charge in [-0.15, -0.1) is 0 Å². The van der Waals surface area contributed by atoms with Gasteiger partial charge in [0.15, 0.2) is 0 Å². The van der Waals surface area contributed by atoms with Gasteiger partial charge in [-0.3, -0.25) is 14.3 Å². The van der Waals surface area contributed by atoms with Crippen molar-refractivity contribution in [3.8, 4) is 0 Å². The number of aliphatic carboxylic acids is 1. The molecular weight excluding hydrogens is 294 g/mol. The molecule has 1 aromatic heterocycles. The Morgan fingerprint density at radius 1 is 1.35 bits per heavy atom. The fraction of sp³-hybridized carbons (Fsp3) is 0.353. The molecule has 1 aliphatic rings. The normalized spacial score (nSPS) is 19.3. The van der Waals surface area contributed by atoms with Gasteiger partial charge in [-0.2, -0.15) is 5.10 Å². The molecule has 6 nitrogen and oxygen atoms in total. The van der Waals surface area contributed by atoms with Crippen LogP contribution in [0.15, 0.2) is 36.7 Å². The molecular formula is C17H19N3O3. The van der Waals surface area contributed by atoms with Crippen molar-refractivity contribution in [2.24, 2.45) is 0 Å². The Morgan fingerprint density at radius 2 is 2.09 bits per heavy atom. The van der Waals surface area contributed by atoms with Gasteiger partial charge < -0.3 is 10.4 Å². The topological polar surface area (TPSA) is 84.2 Å². The minimum absolute atomic E-state index is 0.119. The molecule has 2 N–H and O–H groups in total. The Hall–Kier alpha value is -2.63. The highest BCUT2D eigenvalue weighted by Crippen LogP contribution is 2.40. The monoisotopic (exact) mass is 313 g/mol. The molecule has 2 unspecified atom stereocenters. The van der Waals surface area contributed by atoms with Gasteiger partial charge in [-0.25, -0.2) is 0 Å². The molecule has 0 saturated heterocycles. The summed E-state index contributed by atoms with van der Waals surface area (Å²) >= 11 is 0. The van der Waals surface area contributed by atoms with E-state index < -0.39 is 11.9 Å². The molecule has 1 heterocycles. The lowest BCUT2D eigenvalue weighted by Crippen LogP contribution is -2.28. The van der Waals surface area contributed by atoms with Crippen LogP contribution in [-0.4, -0.2) is 26.8 Å². The first kappa shape index (κ1) is 15.3. The Labute approximate surface area is 134 Å². The Balaban J connectivity index is 1.70. The molecule has 0 aliphatic heterocycles. The van der Waals surface area contributed by atoms with Crippen LogP contribution in [0.3, 0.4) is 0 Å². The molecule has 3 rings (SSSR count). The third-order valence-electron chi connectivity index (χ3n) is 4.23. The zero-order chi connectivity index (χ0) is 16.4. The first-order chi connectivity index (χ1) is 11.1. The predicted molar refractivity (Wildman–Crippen MR) is 83.9 cm³/mol. The van der Waals surface area contributed by atoms with E-state index >= 15 is 0 Å². The van der Waals surface area contributed by atoms with Crippen molar-refractivity contribution >= 4 is 11.9 Å². The van der Waals surface area contributed by atoms with Crippen molar-refractivity contribution in [2.45, 2.75) is 38.3 Å². The molecule has 0 spiro atoms. The van der Waals surface area contributed by atoms with E-state index in [1.807, 2.05) is 37.4 Å². The van der Waals surface area contributed by atoms with E-state index in [2.05, 4.69) is 10.4 Å². The van der Waals surface area contributed by atoms with E-state index in [4.69, 9.17) is 0 Å². The number of carbonyl (C=O) groups excluding carboxylic acids is 1. The molecule has 23 heavy (non-hydrogen) atoms. The van der Waals surface area contributed by atoms with Crippen molar-refractivity contribution in [3.05, 3.63) is 53.3 Å². The van der Waals surface area contributed by atoms with Gasteiger partial charge >= 0.3 is 5.97 Å². The lowest BCUT2D eigenvalue weighted by molar-refractivity contribution is -0.139. The van der Waals surface area contributed by atoms with Gasteiger partial charge in [0.1, 0.15) is 0 Å². The summed E-state index contributed by atoms with van der Waals surface area (Å²) in [4.78, 5) is 23.7. The van der Waals surface area contributed by atoms with Crippen LogP contribution in [0.1, 0.15) is 42.0 Å². The van der Waals surface area contributed by atoms with E-state index in [0.29, 0.717) is 6.42 Å². The van der Waals surface area contributed by atoms with E-state index in [9.17, 15) is 14.7 Å². The van der Waals surface area contributed by atoms with E-state index in [1.54, 1.807) is 10.9 Å². The number of hydrogen-bond acceptors (Lipinski definition) is 3. The van der Waals surface area contributed by atoms with Crippen LogP contribution in [0, 0.1) is 0 Å². The number of rotatable bonds is 5. The Bertz CT molecular complexity index is 738. The highest BCUT2D eigenvalue weighted by atomic mass is 16.4. The number of nitrogens with one attached hydrogen (secondary N) is 1. The molecule has 2 aromatic rings. The maximum atomic E-state index is 12.3. The molecule has 120 valence electrons. The van der Waals surface area contributed by atoms with Crippen molar-refractivity contribution in [1.29, 1.82) is 0 Å². The Kier molecular flexibility index (Phi) is 4.14. The number of hydrogen-bond donors (Lipinski definition) is 2. The number of carbonyl (C=O) groups is 2. The van der Waals surface area contributed by atoms with Gasteiger partial charge in [0.05, 0.1) is 24.6 Å². The van der Waals surface area contributed by atoms with Crippen LogP contribution in [0.2, 0.25) is 0 Å². The van der Waals surface area contributed by atoms with Crippen LogP contribution < -0.4 is 5.32 Å². The number of carboxylic acid groups (broad SMARTS) is 1. The zero-order valence-corrected chi connectivity index (χ0v) is 12.9. The molecule has 0 bridgehead atoms. The van der Waals surface area contributed by atoms with Crippen LogP contribution in [0.25, 0.3) is 0 Å². The second-order valence-electron chi connectivity index (χ2n) is 5.76. The summed E-state index contributed by atoms with van der Waals surface area (Å²) < 4.78 is 1.77. The molecule has 0 radical (unpaired) electrons. The third kappa shape index (κ3) is 3.11. The summed E-state index contributed by atoms with van der Waals surface area (Å²) in [5.41, 5.74) is 2.55. The zero-order valence-electron chi connectivity index (χ0n) is 12.9. The number of aryl methyl sites for hydroxylation is 1. The quantitative estimate of drug-likeness (QED) is 0.882. The summed E-state index contributed by atoms with van der Waals surface area (Å²) in [6.07, 6.45) is 4.18. The number of nitrogens with zero attached hydrogens (tertiary/aromatic N) is 2. The highest BCUT2D eigenvalue weighted by molar-refractivity contribution is 5.81. The smallest absolute Gasteiger partial charge is 0.311 e. The van der Waals surface area contributed by atoms with Crippen LogP contribution >= 0.6 is 0 Å². The molecule has 2 atom stereocenters. The number of fused-ring (bicyclic) bond motifs is 1. The minimum atomic E-state index is -0.849. The SMILES string of the molecule is CCn1cc(CC(=O)NC2CC(C(=O)O)c3ccccc32)cn1. The standard InChI is InChI=1S/C17H19N3O3/c1-2-20-10-11(9-18-20)7-16(21)19-15-8-14(17(22)23)12-5-3-4-6-13(12)15/h3-6,9-10,14-15H,2,7-8H2,1H3,(H,19,21)(H,22,23). The van der Waals surface area contributed by atoms with Gasteiger partial charge in [0, 0.05) is 12.7 Å². The molecule has 6 heteroatoms. The second kappa shape index (κ2) is 6.24. The van der Waals surface area contributed by atoms with Crippen LogP contribution in [0.4, 0.5) is 0 Å². The maximum absolute atomic E-state index is 12.3. The molecule has 1 aromatic carbocycles. The lowest BCUT2D eigenvalue weighted by Gasteiger charge is -2.13. The molecule has 1 aliphatic carbocycles. The summed E-state index contributed by atoms with van der Waals surface area (Å²) in [6, 6.07) is 7.16. The second-order valence-corrected chi connectivity index (χ2v) is 5.76. The van der Waals surface area contributed by atoms with Gasteiger partial charge in [-0.1, -0.05) is 24.3 Å². The number of aromatic nitrogens is 2. The van der Waals surface area contributed by atoms with Gasteiger partial charge in [0.2, 0.25) is 5.91 Å². The summed E-state index contributed by atoms with van der Waals surface area (Å²) in [6.45, 7) is 2.75. The molecule has 0 saturated carbocycles. The third-order valence-corrected chi connectivity index (χ3v) is 4.23. The number of carboxylic acids is 1. The number of amides is 1. The average Bonchev–Trinajstić information content (AvgIpc) is 3.12. The van der Waals surface area contributed by atoms with Crippen LogP contribution in [-0.2, 0) is 22.6 Å². The maximum Gasteiger partial charge on any atom is 0.311 e. The number of benzene rings is 1. The van der Waals surface area contributed by atoms with Crippen molar-refractivity contribution in [2.75, 3.05) is 0 Å². The van der Waals surface area contributed by atoms with Crippen molar-refractivity contribution < 1.29 is 14.7 Å².